The number of nitrogens with one attached hydrogen (secondary N) is 2. The van der Waals surface area contributed by atoms with E-state index >= 15 is 0 Å². The fourth-order valence-corrected chi connectivity index (χ4v) is 3.96. The minimum absolute atomic E-state index is 0.261. The maximum Gasteiger partial charge on any atom is 0.343 e. The van der Waals surface area contributed by atoms with Crippen molar-refractivity contribution in [3.63, 3.8) is 0 Å². The first-order valence-electron chi connectivity index (χ1n) is 11.1. The van der Waals surface area contributed by atoms with E-state index in [1.165, 1.54) is 6.21 Å². The van der Waals surface area contributed by atoms with Crippen molar-refractivity contribution < 1.29 is 19.1 Å². The zero-order chi connectivity index (χ0) is 27.1. The minimum Gasteiger partial charge on any atom is -0.422 e. The summed E-state index contributed by atoms with van der Waals surface area (Å²) in [6, 6.07) is 24.7. The lowest BCUT2D eigenvalue weighted by Crippen LogP contribution is -2.18. The first-order valence-corrected chi connectivity index (χ1v) is 13.0. The van der Waals surface area contributed by atoms with E-state index in [0.717, 1.165) is 8.95 Å². The van der Waals surface area contributed by atoms with Gasteiger partial charge in [-0.3, -0.25) is 9.59 Å². The van der Waals surface area contributed by atoms with Crippen molar-refractivity contribution in [3.8, 4) is 5.75 Å². The van der Waals surface area contributed by atoms with E-state index in [2.05, 4.69) is 47.7 Å². The second-order valence-corrected chi connectivity index (χ2v) is 10.1. The third kappa shape index (κ3) is 7.38. The minimum atomic E-state index is -0.560. The van der Waals surface area contributed by atoms with Gasteiger partial charge in [-0.1, -0.05) is 43.5 Å². The highest BCUT2D eigenvalue weighted by Gasteiger charge is 2.12. The lowest BCUT2D eigenvalue weighted by atomic mass is 10.1. The van der Waals surface area contributed by atoms with E-state index in [-0.39, 0.29) is 11.7 Å². The number of ether oxygens (including phenoxy) is 1. The number of nitrogens with zero attached hydrogens (tertiary/aromatic N) is 1. The van der Waals surface area contributed by atoms with Crippen molar-refractivity contribution in [2.45, 2.75) is 0 Å². The SMILES string of the molecule is O=C(N/N=C\c1cc(Br)ccc1OC(=O)c1ccc(Cl)cc1)c1ccc(NC(=O)c2ccc(Br)cc2)cc1. The standard InChI is InChI=1S/C28H18Br2ClN3O4/c29-21-7-1-17(2-8-21)26(35)33-24-12-5-18(6-13-24)27(36)34-32-16-20-15-22(30)9-14-25(20)38-28(37)19-3-10-23(31)11-4-19/h1-16H,(H,33,35)(H,34,36)/b32-16-. The molecule has 0 spiro atoms. The van der Waals surface area contributed by atoms with Crippen LogP contribution in [0.25, 0.3) is 0 Å². The molecule has 190 valence electrons. The van der Waals surface area contributed by atoms with Crippen molar-refractivity contribution in [3.05, 3.63) is 127 Å². The molecule has 0 aromatic heterocycles. The van der Waals surface area contributed by atoms with Gasteiger partial charge < -0.3 is 10.1 Å². The molecule has 0 heterocycles. The third-order valence-corrected chi connectivity index (χ3v) is 6.41. The molecule has 0 unspecified atom stereocenters. The smallest absolute Gasteiger partial charge is 0.343 e. The Balaban J connectivity index is 1.38. The van der Waals surface area contributed by atoms with Crippen LogP contribution in [0.5, 0.6) is 5.75 Å². The summed E-state index contributed by atoms with van der Waals surface area (Å²) in [6.07, 6.45) is 1.37. The van der Waals surface area contributed by atoms with Gasteiger partial charge in [0.25, 0.3) is 11.8 Å². The average molecular weight is 656 g/mol. The molecule has 38 heavy (non-hydrogen) atoms. The first-order chi connectivity index (χ1) is 18.3. The predicted octanol–water partition coefficient (Wildman–Crippen LogP) is 7.10. The quantitative estimate of drug-likeness (QED) is 0.0961. The molecule has 0 aliphatic rings. The zero-order valence-corrected chi connectivity index (χ0v) is 23.4. The molecule has 0 radical (unpaired) electrons. The number of halogens is 3. The Hall–Kier alpha value is -3.79. The fourth-order valence-electron chi connectivity index (χ4n) is 3.19. The van der Waals surface area contributed by atoms with Crippen LogP contribution in [-0.2, 0) is 0 Å². The van der Waals surface area contributed by atoms with E-state index in [9.17, 15) is 14.4 Å². The maximum atomic E-state index is 12.5. The molecule has 2 amide bonds. The second-order valence-electron chi connectivity index (χ2n) is 7.82. The van der Waals surface area contributed by atoms with Crippen LogP contribution in [0.4, 0.5) is 5.69 Å². The number of esters is 1. The van der Waals surface area contributed by atoms with Gasteiger partial charge in [0.2, 0.25) is 0 Å². The number of benzene rings is 4. The van der Waals surface area contributed by atoms with E-state index in [0.29, 0.717) is 33.0 Å². The normalized spacial score (nSPS) is 10.7. The number of rotatable bonds is 7. The fraction of sp³-hybridized carbons (Fsp3) is 0. The van der Waals surface area contributed by atoms with Crippen molar-refractivity contribution in [2.75, 3.05) is 5.32 Å². The van der Waals surface area contributed by atoms with Crippen LogP contribution in [0.1, 0.15) is 36.6 Å². The van der Waals surface area contributed by atoms with Crippen LogP contribution in [0.15, 0.2) is 105 Å². The van der Waals surface area contributed by atoms with E-state index in [1.54, 1.807) is 91.0 Å². The van der Waals surface area contributed by atoms with Crippen LogP contribution in [0.2, 0.25) is 5.02 Å². The number of hydrogen-bond donors (Lipinski definition) is 2. The van der Waals surface area contributed by atoms with E-state index in [4.69, 9.17) is 16.3 Å². The largest absolute Gasteiger partial charge is 0.422 e. The third-order valence-electron chi connectivity index (χ3n) is 5.14. The van der Waals surface area contributed by atoms with Crippen LogP contribution < -0.4 is 15.5 Å². The topological polar surface area (TPSA) is 96.9 Å². The van der Waals surface area contributed by atoms with Gasteiger partial charge >= 0.3 is 5.97 Å². The van der Waals surface area contributed by atoms with Crippen LogP contribution in [-0.4, -0.2) is 24.0 Å². The van der Waals surface area contributed by atoms with E-state index in [1.807, 2.05) is 0 Å². The van der Waals surface area contributed by atoms with Gasteiger partial charge in [0.05, 0.1) is 11.8 Å². The van der Waals surface area contributed by atoms with Crippen LogP contribution >= 0.6 is 43.5 Å². The molecule has 0 atom stereocenters. The van der Waals surface area contributed by atoms with Gasteiger partial charge in [0.15, 0.2) is 0 Å². The van der Waals surface area contributed by atoms with Crippen molar-refractivity contribution in [2.24, 2.45) is 5.10 Å². The van der Waals surface area contributed by atoms with Gasteiger partial charge in [-0.2, -0.15) is 5.10 Å². The molecule has 0 aliphatic carbocycles. The van der Waals surface area contributed by atoms with Crippen LogP contribution in [0, 0.1) is 0 Å². The Morgan fingerprint density at radius 3 is 2.00 bits per heavy atom. The molecule has 2 N–H and O–H groups in total. The van der Waals surface area contributed by atoms with Gasteiger partial charge in [0.1, 0.15) is 5.75 Å². The summed E-state index contributed by atoms with van der Waals surface area (Å²) >= 11 is 12.6. The number of carbonyl (C=O) groups excluding carboxylic acids is 3. The Bertz CT molecular complexity index is 1510. The Morgan fingerprint density at radius 1 is 0.737 bits per heavy atom. The molecule has 4 aromatic rings. The highest BCUT2D eigenvalue weighted by molar-refractivity contribution is 9.10. The lowest BCUT2D eigenvalue weighted by Gasteiger charge is -2.08. The molecule has 4 rings (SSSR count). The zero-order valence-electron chi connectivity index (χ0n) is 19.5. The molecular weight excluding hydrogens is 638 g/mol. The number of carbonyl (C=O) groups is 3. The van der Waals surface area contributed by atoms with Crippen molar-refractivity contribution in [1.82, 2.24) is 5.43 Å². The molecule has 4 aromatic carbocycles. The molecule has 0 bridgehead atoms. The number of hydrogen-bond acceptors (Lipinski definition) is 5. The summed E-state index contributed by atoms with van der Waals surface area (Å²) in [5.41, 5.74) is 4.64. The van der Waals surface area contributed by atoms with Gasteiger partial charge in [0, 0.05) is 36.3 Å². The second kappa shape index (κ2) is 12.6. The summed E-state index contributed by atoms with van der Waals surface area (Å²) < 4.78 is 7.12. The van der Waals surface area contributed by atoms with Gasteiger partial charge in [-0.05, 0) is 91.0 Å². The van der Waals surface area contributed by atoms with E-state index < -0.39 is 11.9 Å². The van der Waals surface area contributed by atoms with Crippen molar-refractivity contribution >= 4 is 73.1 Å². The summed E-state index contributed by atoms with van der Waals surface area (Å²) in [5, 5.41) is 7.29. The highest BCUT2D eigenvalue weighted by Crippen LogP contribution is 2.23. The summed E-state index contributed by atoms with van der Waals surface area (Å²) in [5.74, 6) is -1.02. The summed E-state index contributed by atoms with van der Waals surface area (Å²) in [4.78, 5) is 37.4. The first kappa shape index (κ1) is 27.3. The predicted molar refractivity (Wildman–Crippen MR) is 154 cm³/mol. The molecule has 0 aliphatic heterocycles. The molecular formula is C28H18Br2ClN3O4. The Morgan fingerprint density at radius 2 is 1.32 bits per heavy atom. The Kier molecular flexibility index (Phi) is 9.06. The monoisotopic (exact) mass is 653 g/mol. The number of amides is 2. The maximum absolute atomic E-state index is 12.5. The van der Waals surface area contributed by atoms with Gasteiger partial charge in [-0.15, -0.1) is 0 Å². The highest BCUT2D eigenvalue weighted by atomic mass is 79.9. The molecule has 7 nitrogen and oxygen atoms in total. The average Bonchev–Trinajstić information content (AvgIpc) is 2.91. The molecule has 0 saturated carbocycles. The van der Waals surface area contributed by atoms with Crippen LogP contribution in [0.3, 0.4) is 0 Å². The lowest BCUT2D eigenvalue weighted by molar-refractivity contribution is 0.0734. The molecule has 0 fully saturated rings. The Labute approximate surface area is 240 Å². The number of anilines is 1. The van der Waals surface area contributed by atoms with Crippen molar-refractivity contribution in [1.29, 1.82) is 0 Å². The molecule has 10 heteroatoms. The summed E-state index contributed by atoms with van der Waals surface area (Å²) in [6.45, 7) is 0. The van der Waals surface area contributed by atoms with Gasteiger partial charge in [-0.25, -0.2) is 10.2 Å². The summed E-state index contributed by atoms with van der Waals surface area (Å²) in [7, 11) is 0. The molecule has 0 saturated heterocycles. The number of hydrazone groups is 1.